The third kappa shape index (κ3) is 3.97. The molecule has 140 valence electrons. The van der Waals surface area contributed by atoms with Gasteiger partial charge in [-0.2, -0.15) is 0 Å². The summed E-state index contributed by atoms with van der Waals surface area (Å²) >= 11 is 0. The van der Waals surface area contributed by atoms with E-state index in [1.807, 2.05) is 41.4 Å². The van der Waals surface area contributed by atoms with Crippen molar-refractivity contribution in [3.63, 3.8) is 0 Å². The molecular formula is C22H25N3O2. The van der Waals surface area contributed by atoms with Crippen LogP contribution in [0.2, 0.25) is 0 Å². The summed E-state index contributed by atoms with van der Waals surface area (Å²) in [7, 11) is 1.66. The lowest BCUT2D eigenvalue weighted by Crippen LogP contribution is -2.38. The molecule has 0 bridgehead atoms. The normalized spacial score (nSPS) is 15.2. The molecule has 0 aliphatic carbocycles. The molecule has 3 heterocycles. The molecule has 1 amide bonds. The van der Waals surface area contributed by atoms with Crippen molar-refractivity contribution >= 4 is 16.9 Å². The number of nitrogens with zero attached hydrogens (tertiary/aromatic N) is 2. The second-order valence-corrected chi connectivity index (χ2v) is 7.16. The Labute approximate surface area is 159 Å². The van der Waals surface area contributed by atoms with Gasteiger partial charge in [0.2, 0.25) is 5.91 Å². The third-order valence-electron chi connectivity index (χ3n) is 5.48. The van der Waals surface area contributed by atoms with Crippen LogP contribution in [0.25, 0.3) is 11.0 Å². The van der Waals surface area contributed by atoms with Crippen molar-refractivity contribution in [2.75, 3.05) is 20.2 Å². The number of ether oxygens (including phenoxy) is 1. The van der Waals surface area contributed by atoms with E-state index in [1.54, 1.807) is 7.11 Å². The first-order valence-corrected chi connectivity index (χ1v) is 9.57. The second-order valence-electron chi connectivity index (χ2n) is 7.16. The Hall–Kier alpha value is -2.82. The fourth-order valence-electron chi connectivity index (χ4n) is 3.84. The number of amides is 1. The van der Waals surface area contributed by atoms with Crippen molar-refractivity contribution in [3.05, 3.63) is 59.9 Å². The van der Waals surface area contributed by atoms with Gasteiger partial charge in [0.25, 0.3) is 0 Å². The first-order valence-electron chi connectivity index (χ1n) is 9.57. The molecular weight excluding hydrogens is 338 g/mol. The number of aryl methyl sites for hydroxylation is 1. The van der Waals surface area contributed by atoms with E-state index < -0.39 is 0 Å². The molecule has 0 unspecified atom stereocenters. The van der Waals surface area contributed by atoms with Crippen molar-refractivity contribution in [3.8, 4) is 5.75 Å². The minimum absolute atomic E-state index is 0.252. The number of benzene rings is 1. The van der Waals surface area contributed by atoms with E-state index in [1.165, 1.54) is 11.3 Å². The third-order valence-corrected chi connectivity index (χ3v) is 5.48. The number of aromatic amines is 1. The summed E-state index contributed by atoms with van der Waals surface area (Å²) in [5, 5.41) is 0. The number of hydrogen-bond donors (Lipinski definition) is 1. The van der Waals surface area contributed by atoms with E-state index in [9.17, 15) is 4.79 Å². The van der Waals surface area contributed by atoms with E-state index in [4.69, 9.17) is 4.74 Å². The number of methoxy groups -OCH3 is 1. The van der Waals surface area contributed by atoms with Gasteiger partial charge in [-0.25, -0.2) is 0 Å². The molecule has 1 aliphatic heterocycles. The number of carbonyl (C=O) groups excluding carboxylic acids is 1. The molecule has 0 atom stereocenters. The maximum Gasteiger partial charge on any atom is 0.222 e. The van der Waals surface area contributed by atoms with Crippen LogP contribution in [0, 0.1) is 0 Å². The zero-order valence-electron chi connectivity index (χ0n) is 15.6. The average molecular weight is 363 g/mol. The van der Waals surface area contributed by atoms with Crippen LogP contribution in [-0.2, 0) is 11.2 Å². The van der Waals surface area contributed by atoms with Crippen LogP contribution in [0.3, 0.4) is 0 Å². The topological polar surface area (TPSA) is 58.2 Å². The summed E-state index contributed by atoms with van der Waals surface area (Å²) < 4.78 is 5.17. The Kier molecular flexibility index (Phi) is 5.10. The molecule has 0 radical (unpaired) electrons. The largest absolute Gasteiger partial charge is 0.497 e. The number of H-pyrrole nitrogens is 1. The SMILES string of the molecule is COc1ccc(CCC(=O)N2CCC(c3cc4ncccc4[nH]3)CC2)cc1. The van der Waals surface area contributed by atoms with E-state index in [2.05, 4.69) is 22.1 Å². The molecule has 1 aliphatic rings. The number of rotatable bonds is 5. The number of piperidine rings is 1. The summed E-state index contributed by atoms with van der Waals surface area (Å²) in [6.45, 7) is 1.66. The van der Waals surface area contributed by atoms with Gasteiger partial charge in [-0.15, -0.1) is 0 Å². The molecule has 5 heteroatoms. The Bertz CT molecular complexity index is 876. The highest BCUT2D eigenvalue weighted by Crippen LogP contribution is 2.29. The fourth-order valence-corrected chi connectivity index (χ4v) is 3.84. The van der Waals surface area contributed by atoms with Crippen LogP contribution in [0.15, 0.2) is 48.7 Å². The van der Waals surface area contributed by atoms with Crippen LogP contribution >= 0.6 is 0 Å². The molecule has 1 fully saturated rings. The summed E-state index contributed by atoms with van der Waals surface area (Å²) in [4.78, 5) is 22.5. The van der Waals surface area contributed by atoms with Crippen LogP contribution in [0.5, 0.6) is 5.75 Å². The molecule has 5 nitrogen and oxygen atoms in total. The summed E-state index contributed by atoms with van der Waals surface area (Å²) in [6.07, 6.45) is 5.16. The van der Waals surface area contributed by atoms with Crippen LogP contribution < -0.4 is 4.74 Å². The van der Waals surface area contributed by atoms with Gasteiger partial charge in [0.15, 0.2) is 0 Å². The summed E-state index contributed by atoms with van der Waals surface area (Å²) in [6, 6.07) is 14.1. The number of aromatic nitrogens is 2. The summed E-state index contributed by atoms with van der Waals surface area (Å²) in [5.74, 6) is 1.58. The Morgan fingerprint density at radius 1 is 1.22 bits per heavy atom. The lowest BCUT2D eigenvalue weighted by atomic mass is 9.93. The van der Waals surface area contributed by atoms with Crippen LogP contribution in [-0.4, -0.2) is 41.0 Å². The maximum absolute atomic E-state index is 12.6. The van der Waals surface area contributed by atoms with Gasteiger partial charge in [-0.3, -0.25) is 9.78 Å². The Balaban J connectivity index is 1.29. The van der Waals surface area contributed by atoms with E-state index in [-0.39, 0.29) is 5.91 Å². The maximum atomic E-state index is 12.6. The Morgan fingerprint density at radius 2 is 2.00 bits per heavy atom. The highest BCUT2D eigenvalue weighted by Gasteiger charge is 2.24. The number of nitrogens with one attached hydrogen (secondary N) is 1. The molecule has 2 aromatic heterocycles. The molecule has 1 saturated heterocycles. The molecule has 27 heavy (non-hydrogen) atoms. The first kappa shape index (κ1) is 17.6. The standard InChI is InChI=1S/C22H25N3O2/c1-27-18-7-4-16(5-8-18)6-9-22(26)25-13-10-17(11-14-25)20-15-21-19(24-20)3-2-12-23-21/h2-5,7-8,12,15,17,24H,6,9-11,13-14H2,1H3. The predicted octanol–water partition coefficient (Wildman–Crippen LogP) is 3.91. The zero-order valence-corrected chi connectivity index (χ0v) is 15.6. The van der Waals surface area contributed by atoms with Crippen molar-refractivity contribution in [2.24, 2.45) is 0 Å². The van der Waals surface area contributed by atoms with E-state index >= 15 is 0 Å². The van der Waals surface area contributed by atoms with Crippen molar-refractivity contribution in [2.45, 2.75) is 31.6 Å². The van der Waals surface area contributed by atoms with Crippen molar-refractivity contribution < 1.29 is 9.53 Å². The van der Waals surface area contributed by atoms with Gasteiger partial charge in [-0.1, -0.05) is 12.1 Å². The van der Waals surface area contributed by atoms with Crippen molar-refractivity contribution in [1.29, 1.82) is 0 Å². The van der Waals surface area contributed by atoms with E-state index in [0.717, 1.165) is 49.1 Å². The van der Waals surface area contributed by atoms with Crippen LogP contribution in [0.1, 0.15) is 36.4 Å². The van der Waals surface area contributed by atoms with Gasteiger partial charge >= 0.3 is 0 Å². The molecule has 1 N–H and O–H groups in total. The highest BCUT2D eigenvalue weighted by atomic mass is 16.5. The quantitative estimate of drug-likeness (QED) is 0.748. The number of carbonyl (C=O) groups is 1. The number of fused-ring (bicyclic) bond motifs is 1. The summed E-state index contributed by atoms with van der Waals surface area (Å²) in [5.41, 5.74) is 4.52. The molecule has 1 aromatic carbocycles. The van der Waals surface area contributed by atoms with Gasteiger partial charge in [0.05, 0.1) is 18.1 Å². The number of likely N-dealkylation sites (tertiary alicyclic amines) is 1. The smallest absolute Gasteiger partial charge is 0.222 e. The average Bonchev–Trinajstić information content (AvgIpc) is 3.17. The monoisotopic (exact) mass is 363 g/mol. The molecule has 0 saturated carbocycles. The van der Waals surface area contributed by atoms with Gasteiger partial charge < -0.3 is 14.6 Å². The highest BCUT2D eigenvalue weighted by molar-refractivity contribution is 5.77. The lowest BCUT2D eigenvalue weighted by molar-refractivity contribution is -0.132. The minimum atomic E-state index is 0.252. The first-order chi connectivity index (χ1) is 13.2. The molecule has 3 aromatic rings. The number of hydrogen-bond acceptors (Lipinski definition) is 3. The van der Waals surface area contributed by atoms with E-state index in [0.29, 0.717) is 12.3 Å². The van der Waals surface area contributed by atoms with Crippen LogP contribution in [0.4, 0.5) is 0 Å². The zero-order chi connectivity index (χ0) is 18.6. The van der Waals surface area contributed by atoms with Gasteiger partial charge in [-0.05, 0) is 55.2 Å². The number of pyridine rings is 1. The minimum Gasteiger partial charge on any atom is -0.497 e. The van der Waals surface area contributed by atoms with Crippen molar-refractivity contribution in [1.82, 2.24) is 14.9 Å². The predicted molar refractivity (Wildman–Crippen MR) is 106 cm³/mol. The second kappa shape index (κ2) is 7.82. The molecule has 4 rings (SSSR count). The van der Waals surface area contributed by atoms with Gasteiger partial charge in [0.1, 0.15) is 5.75 Å². The fraction of sp³-hybridized carbons (Fsp3) is 0.364. The molecule has 0 spiro atoms. The van der Waals surface area contributed by atoms with Gasteiger partial charge in [0, 0.05) is 37.3 Å². The Morgan fingerprint density at radius 3 is 2.70 bits per heavy atom. The lowest BCUT2D eigenvalue weighted by Gasteiger charge is -2.31.